The summed E-state index contributed by atoms with van der Waals surface area (Å²) in [6.45, 7) is 2.22. The first-order chi connectivity index (χ1) is 16.1. The minimum atomic E-state index is -0.993. The number of hydrogen-bond acceptors (Lipinski definition) is 3. The van der Waals surface area contributed by atoms with Crippen molar-refractivity contribution in [2.24, 2.45) is 0 Å². The Morgan fingerprint density at radius 3 is 2.30 bits per heavy atom. The van der Waals surface area contributed by atoms with Crippen molar-refractivity contribution in [1.29, 1.82) is 0 Å². The number of aliphatic carboxylic acids is 1. The second kappa shape index (κ2) is 10.5. The number of aromatic nitrogens is 2. The Balaban J connectivity index is 1.50. The molecule has 0 amide bonds. The van der Waals surface area contributed by atoms with Crippen LogP contribution in [0.5, 0.6) is 5.75 Å². The zero-order valence-electron chi connectivity index (χ0n) is 18.5. The molecule has 0 saturated heterocycles. The summed E-state index contributed by atoms with van der Waals surface area (Å²) in [5.74, 6) is -0.324. The van der Waals surface area contributed by atoms with E-state index in [-0.39, 0.29) is 12.5 Å². The molecule has 0 spiro atoms. The van der Waals surface area contributed by atoms with Crippen LogP contribution in [0.2, 0.25) is 0 Å². The zero-order valence-corrected chi connectivity index (χ0v) is 18.5. The minimum absolute atomic E-state index is 0.121. The third-order valence-electron chi connectivity index (χ3n) is 5.29. The topological polar surface area (TPSA) is 64.4 Å². The van der Waals surface area contributed by atoms with E-state index in [4.69, 9.17) is 9.84 Å². The number of aryl methyl sites for hydroxylation is 1. The molecule has 0 saturated carbocycles. The summed E-state index contributed by atoms with van der Waals surface area (Å²) < 4.78 is 7.24. The van der Waals surface area contributed by atoms with Crippen molar-refractivity contribution in [3.8, 4) is 5.75 Å². The summed E-state index contributed by atoms with van der Waals surface area (Å²) in [5.41, 5.74) is 5.56. The molecule has 3 aromatic carbocycles. The van der Waals surface area contributed by atoms with Crippen LogP contribution < -0.4 is 4.74 Å². The number of ether oxygens (including phenoxy) is 1. The van der Waals surface area contributed by atoms with Gasteiger partial charge in [-0.1, -0.05) is 78.9 Å². The van der Waals surface area contributed by atoms with E-state index < -0.39 is 5.97 Å². The summed E-state index contributed by atoms with van der Waals surface area (Å²) in [7, 11) is 0. The molecule has 1 N–H and O–H groups in total. The molecule has 1 aromatic heterocycles. The van der Waals surface area contributed by atoms with E-state index in [0.29, 0.717) is 12.3 Å². The molecule has 4 aromatic rings. The molecule has 0 aliphatic carbocycles. The molecule has 1 heterocycles. The lowest BCUT2D eigenvalue weighted by molar-refractivity contribution is -0.139. The summed E-state index contributed by atoms with van der Waals surface area (Å²) in [4.78, 5) is 10.8. The maximum atomic E-state index is 10.8. The molecule has 0 radical (unpaired) electrons. The molecule has 5 nitrogen and oxygen atoms in total. The highest BCUT2D eigenvalue weighted by molar-refractivity contribution is 5.68. The van der Waals surface area contributed by atoms with E-state index in [2.05, 4.69) is 59.8 Å². The Bertz CT molecular complexity index is 1190. The molecular weight excluding hydrogens is 412 g/mol. The normalized spacial score (nSPS) is 11.2. The molecular formula is C28H26N2O3. The first-order valence-corrected chi connectivity index (χ1v) is 10.8. The number of carboxylic acids is 1. The fourth-order valence-electron chi connectivity index (χ4n) is 3.89. The number of nitrogens with zero attached hydrogens (tertiary/aromatic N) is 2. The lowest BCUT2D eigenvalue weighted by Gasteiger charge is -2.16. The first kappa shape index (κ1) is 22.1. The van der Waals surface area contributed by atoms with Gasteiger partial charge in [-0.2, -0.15) is 5.10 Å². The van der Waals surface area contributed by atoms with Crippen LogP contribution in [0.15, 0.2) is 97.3 Å². The molecule has 0 unspecified atom stereocenters. The number of hydrogen-bond donors (Lipinski definition) is 1. The monoisotopic (exact) mass is 438 g/mol. The van der Waals surface area contributed by atoms with Crippen LogP contribution in [0, 0.1) is 6.92 Å². The standard InChI is InChI=1S/C28H26N2O3/c1-21-15-22(17-26(16-21)33-20-27(31)32)9-8-14-30-19-25(18-29-30)28(23-10-4-2-5-11-23)24-12-6-3-7-13-24/h2-13,15-19,28H,14,20H2,1H3,(H,31,32)/b9-8+. The molecule has 0 aliphatic rings. The molecule has 4 rings (SSSR count). The number of rotatable bonds is 9. The van der Waals surface area contributed by atoms with Gasteiger partial charge in [0.25, 0.3) is 0 Å². The van der Waals surface area contributed by atoms with Gasteiger partial charge >= 0.3 is 5.97 Å². The Morgan fingerprint density at radius 2 is 1.67 bits per heavy atom. The molecule has 0 aliphatic heterocycles. The van der Waals surface area contributed by atoms with E-state index in [0.717, 1.165) is 16.7 Å². The van der Waals surface area contributed by atoms with E-state index in [1.165, 1.54) is 11.1 Å². The van der Waals surface area contributed by atoms with Gasteiger partial charge in [0.2, 0.25) is 0 Å². The van der Waals surface area contributed by atoms with Crippen molar-refractivity contribution < 1.29 is 14.6 Å². The highest BCUT2D eigenvalue weighted by Crippen LogP contribution is 2.31. The lowest BCUT2D eigenvalue weighted by atomic mass is 9.87. The average Bonchev–Trinajstić information content (AvgIpc) is 3.27. The summed E-state index contributed by atoms with van der Waals surface area (Å²) in [6, 6.07) is 26.6. The average molecular weight is 439 g/mol. The van der Waals surface area contributed by atoms with Crippen LogP contribution in [0.25, 0.3) is 6.08 Å². The lowest BCUT2D eigenvalue weighted by Crippen LogP contribution is -2.09. The van der Waals surface area contributed by atoms with Gasteiger partial charge in [0, 0.05) is 17.7 Å². The van der Waals surface area contributed by atoms with Gasteiger partial charge in [-0.25, -0.2) is 4.79 Å². The van der Waals surface area contributed by atoms with Gasteiger partial charge in [0.05, 0.1) is 12.7 Å². The molecule has 33 heavy (non-hydrogen) atoms. The van der Waals surface area contributed by atoms with Crippen molar-refractivity contribution >= 4 is 12.0 Å². The fraction of sp³-hybridized carbons (Fsp3) is 0.143. The molecule has 0 atom stereocenters. The van der Waals surface area contributed by atoms with E-state index in [9.17, 15) is 4.79 Å². The van der Waals surface area contributed by atoms with Gasteiger partial charge in [0.1, 0.15) is 5.75 Å². The highest BCUT2D eigenvalue weighted by atomic mass is 16.5. The molecule has 166 valence electrons. The van der Waals surface area contributed by atoms with Crippen LogP contribution in [-0.2, 0) is 11.3 Å². The number of carboxylic acid groups (broad SMARTS) is 1. The largest absolute Gasteiger partial charge is 0.482 e. The van der Waals surface area contributed by atoms with Crippen molar-refractivity contribution in [1.82, 2.24) is 9.78 Å². The van der Waals surface area contributed by atoms with Crippen molar-refractivity contribution in [3.63, 3.8) is 0 Å². The van der Waals surface area contributed by atoms with Crippen molar-refractivity contribution in [3.05, 3.63) is 125 Å². The highest BCUT2D eigenvalue weighted by Gasteiger charge is 2.18. The van der Waals surface area contributed by atoms with E-state index in [1.807, 2.05) is 60.3 Å². The Labute approximate surface area is 193 Å². The third kappa shape index (κ3) is 5.98. The minimum Gasteiger partial charge on any atom is -0.482 e. The number of benzene rings is 3. The maximum Gasteiger partial charge on any atom is 0.341 e. The Kier molecular flexibility index (Phi) is 7.00. The van der Waals surface area contributed by atoms with Crippen LogP contribution >= 0.6 is 0 Å². The number of allylic oxidation sites excluding steroid dienone is 1. The van der Waals surface area contributed by atoms with Crippen LogP contribution in [0.3, 0.4) is 0 Å². The van der Waals surface area contributed by atoms with E-state index >= 15 is 0 Å². The second-order valence-corrected chi connectivity index (χ2v) is 7.91. The van der Waals surface area contributed by atoms with Gasteiger partial charge in [-0.15, -0.1) is 0 Å². The van der Waals surface area contributed by atoms with Gasteiger partial charge in [-0.3, -0.25) is 4.68 Å². The molecule has 0 bridgehead atoms. The van der Waals surface area contributed by atoms with Crippen LogP contribution in [0.1, 0.15) is 33.7 Å². The quantitative estimate of drug-likeness (QED) is 0.372. The fourth-order valence-corrected chi connectivity index (χ4v) is 3.89. The van der Waals surface area contributed by atoms with Crippen molar-refractivity contribution in [2.45, 2.75) is 19.4 Å². The molecule has 0 fully saturated rings. The van der Waals surface area contributed by atoms with Crippen LogP contribution in [-0.4, -0.2) is 27.5 Å². The second-order valence-electron chi connectivity index (χ2n) is 7.91. The van der Waals surface area contributed by atoms with E-state index in [1.54, 1.807) is 0 Å². The summed E-state index contributed by atoms with van der Waals surface area (Å²) in [6.07, 6.45) is 8.05. The van der Waals surface area contributed by atoms with Crippen LogP contribution in [0.4, 0.5) is 0 Å². The maximum absolute atomic E-state index is 10.8. The zero-order chi connectivity index (χ0) is 23.0. The molecule has 5 heteroatoms. The Morgan fingerprint density at radius 1 is 1.00 bits per heavy atom. The third-order valence-corrected chi connectivity index (χ3v) is 5.29. The summed E-state index contributed by atoms with van der Waals surface area (Å²) >= 11 is 0. The SMILES string of the molecule is Cc1cc(/C=C/Cn2cc(C(c3ccccc3)c3ccccc3)cn2)cc(OCC(=O)O)c1. The number of carbonyl (C=O) groups is 1. The predicted molar refractivity (Wildman–Crippen MR) is 129 cm³/mol. The van der Waals surface area contributed by atoms with Gasteiger partial charge in [-0.05, 0) is 41.3 Å². The summed E-state index contributed by atoms with van der Waals surface area (Å²) in [5, 5.41) is 13.4. The Hall–Kier alpha value is -4.12. The smallest absolute Gasteiger partial charge is 0.341 e. The first-order valence-electron chi connectivity index (χ1n) is 10.8. The van der Waals surface area contributed by atoms with Gasteiger partial charge in [0.15, 0.2) is 6.61 Å². The van der Waals surface area contributed by atoms with Crippen molar-refractivity contribution in [2.75, 3.05) is 6.61 Å². The van der Waals surface area contributed by atoms with Gasteiger partial charge < -0.3 is 9.84 Å². The predicted octanol–water partition coefficient (Wildman–Crippen LogP) is 5.55.